The predicted molar refractivity (Wildman–Crippen MR) is 180 cm³/mol. The average Bonchev–Trinajstić information content (AvgIpc) is 3.69. The number of hydrogen-bond donors (Lipinski definition) is 0. The minimum absolute atomic E-state index is 0.00815. The van der Waals surface area contributed by atoms with Crippen LogP contribution in [0.3, 0.4) is 0 Å². The molecule has 5 aliphatic heterocycles. The van der Waals surface area contributed by atoms with Gasteiger partial charge in [-0.3, -0.25) is 29.1 Å². The molecule has 13 heteroatoms. The van der Waals surface area contributed by atoms with Gasteiger partial charge in [-0.2, -0.15) is 5.26 Å². The molecule has 51 heavy (non-hydrogen) atoms. The molecule has 13 nitrogen and oxygen atoms in total. The first kappa shape index (κ1) is 33.0. The Morgan fingerprint density at radius 3 is 2.33 bits per heavy atom. The number of carbonyl (C=O) groups excluding carboxylic acids is 3. The van der Waals surface area contributed by atoms with Crippen molar-refractivity contribution < 1.29 is 42.8 Å². The van der Waals surface area contributed by atoms with Crippen molar-refractivity contribution in [1.29, 1.82) is 5.26 Å². The van der Waals surface area contributed by atoms with E-state index in [4.69, 9.17) is 28.4 Å². The lowest BCUT2D eigenvalue weighted by molar-refractivity contribution is -0.132. The SMILES string of the molecule is COCOc1c(OC)c(C)cc2c1[C@@H]1C3Cc4c(OC(C)=O)c(C)c5c(c4[C@H](CN4C(=O)c6ccccc6C4=O)N3C(C#N)[C@H](C2)N1C)OCO5. The van der Waals surface area contributed by atoms with Crippen molar-refractivity contribution in [2.24, 2.45) is 0 Å². The van der Waals surface area contributed by atoms with Crippen LogP contribution < -0.4 is 23.7 Å². The maximum Gasteiger partial charge on any atom is 0.308 e. The molecule has 264 valence electrons. The predicted octanol–water partition coefficient (Wildman–Crippen LogP) is 4.02. The molecule has 2 bridgehead atoms. The lowest BCUT2D eigenvalue weighted by Gasteiger charge is -2.60. The largest absolute Gasteiger partial charge is 0.493 e. The zero-order chi connectivity index (χ0) is 35.9. The third-order valence-electron chi connectivity index (χ3n) is 11.0. The Morgan fingerprint density at radius 1 is 0.980 bits per heavy atom. The molecule has 1 fully saturated rings. The summed E-state index contributed by atoms with van der Waals surface area (Å²) in [7, 11) is 5.18. The van der Waals surface area contributed by atoms with Gasteiger partial charge < -0.3 is 28.4 Å². The van der Waals surface area contributed by atoms with Gasteiger partial charge in [0.15, 0.2) is 29.8 Å². The van der Waals surface area contributed by atoms with E-state index in [1.807, 2.05) is 20.9 Å². The number of amides is 2. The molecule has 0 spiro atoms. The van der Waals surface area contributed by atoms with E-state index in [1.165, 1.54) is 11.8 Å². The van der Waals surface area contributed by atoms with Crippen LogP contribution >= 0.6 is 0 Å². The van der Waals surface area contributed by atoms with Crippen molar-refractivity contribution >= 4 is 17.8 Å². The van der Waals surface area contributed by atoms with Crippen LogP contribution in [0.15, 0.2) is 30.3 Å². The van der Waals surface area contributed by atoms with Gasteiger partial charge in [0.1, 0.15) is 11.8 Å². The van der Waals surface area contributed by atoms with Crippen LogP contribution in [0.5, 0.6) is 28.7 Å². The highest BCUT2D eigenvalue weighted by Crippen LogP contribution is 2.59. The van der Waals surface area contributed by atoms with Crippen LogP contribution in [0.2, 0.25) is 0 Å². The zero-order valence-electron chi connectivity index (χ0n) is 29.3. The number of imide groups is 1. The fraction of sp³-hybridized carbons (Fsp3) is 0.421. The lowest BCUT2D eigenvalue weighted by Crippen LogP contribution is -2.69. The van der Waals surface area contributed by atoms with Gasteiger partial charge >= 0.3 is 5.97 Å². The fourth-order valence-electron chi connectivity index (χ4n) is 9.10. The fourth-order valence-corrected chi connectivity index (χ4v) is 9.10. The number of hydrogen-bond acceptors (Lipinski definition) is 12. The standard InChI is InChI=1S/C38H38N4O9/c1-18-11-21-12-25-27(14-39)42-26(31(40(25)4)29(21)35(32(18)47-6)48-16-46-5)13-24-30(36-34(49-17-50-36)19(2)33(24)51-20(3)43)28(42)15-41-37(44)22-9-7-8-10-23(22)38(41)45/h7-11,25-28,31H,12-13,15-17H2,1-6H3/t25-,26?,27?,28-,31-/m0/s1. The highest BCUT2D eigenvalue weighted by atomic mass is 16.7. The second-order valence-electron chi connectivity index (χ2n) is 13.6. The van der Waals surface area contributed by atoms with Gasteiger partial charge in [-0.05, 0) is 57.0 Å². The summed E-state index contributed by atoms with van der Waals surface area (Å²) < 4.78 is 35.6. The topological polar surface area (TPSA) is 140 Å². The van der Waals surface area contributed by atoms with Crippen molar-refractivity contribution in [3.8, 4) is 34.8 Å². The molecule has 0 aromatic heterocycles. The van der Waals surface area contributed by atoms with Gasteiger partial charge in [0, 0.05) is 54.9 Å². The molecule has 0 N–H and O–H groups in total. The van der Waals surface area contributed by atoms with Gasteiger partial charge in [-0.15, -0.1) is 0 Å². The Hall–Kier alpha value is -5.16. The summed E-state index contributed by atoms with van der Waals surface area (Å²) in [6, 6.07) is 9.05. The van der Waals surface area contributed by atoms with Crippen molar-refractivity contribution in [1.82, 2.24) is 14.7 Å². The molecule has 3 aromatic carbocycles. The number of likely N-dealkylation sites (N-methyl/N-ethyl adjacent to an activating group) is 1. The summed E-state index contributed by atoms with van der Waals surface area (Å²) in [5.41, 5.74) is 5.44. The molecule has 0 radical (unpaired) electrons. The molecule has 5 atom stereocenters. The van der Waals surface area contributed by atoms with E-state index in [0.29, 0.717) is 69.4 Å². The smallest absolute Gasteiger partial charge is 0.308 e. The Kier molecular flexibility index (Phi) is 7.94. The van der Waals surface area contributed by atoms with E-state index < -0.39 is 35.9 Å². The summed E-state index contributed by atoms with van der Waals surface area (Å²) in [5, 5.41) is 11.0. The van der Waals surface area contributed by atoms with E-state index in [2.05, 4.69) is 21.9 Å². The number of methoxy groups -OCH3 is 2. The lowest BCUT2D eigenvalue weighted by atomic mass is 9.71. The molecule has 5 heterocycles. The number of rotatable bonds is 7. The summed E-state index contributed by atoms with van der Waals surface area (Å²) in [5.74, 6) is 1.05. The number of carbonyl (C=O) groups is 3. The van der Waals surface area contributed by atoms with E-state index in [0.717, 1.165) is 16.7 Å². The summed E-state index contributed by atoms with van der Waals surface area (Å²) in [6.07, 6.45) is 0.877. The molecule has 8 rings (SSSR count). The first-order valence-electron chi connectivity index (χ1n) is 16.9. The van der Waals surface area contributed by atoms with Crippen LogP contribution in [-0.2, 0) is 22.4 Å². The molecular weight excluding hydrogens is 656 g/mol. The van der Waals surface area contributed by atoms with Crippen LogP contribution in [0, 0.1) is 25.2 Å². The highest BCUT2D eigenvalue weighted by molar-refractivity contribution is 6.21. The molecule has 5 aliphatic rings. The van der Waals surface area contributed by atoms with E-state index >= 15 is 0 Å². The van der Waals surface area contributed by atoms with Crippen molar-refractivity contribution in [2.75, 3.05) is 41.4 Å². The van der Waals surface area contributed by atoms with Gasteiger partial charge in [0.25, 0.3) is 11.8 Å². The number of esters is 1. The number of nitrogens with zero attached hydrogens (tertiary/aromatic N) is 4. The van der Waals surface area contributed by atoms with Crippen LogP contribution in [0.4, 0.5) is 0 Å². The Balaban J connectivity index is 1.38. The van der Waals surface area contributed by atoms with Gasteiger partial charge in [-0.25, -0.2) is 0 Å². The molecule has 0 saturated carbocycles. The third-order valence-corrected chi connectivity index (χ3v) is 11.0. The average molecular weight is 695 g/mol. The number of ether oxygens (including phenoxy) is 6. The Labute approximate surface area is 295 Å². The van der Waals surface area contributed by atoms with Gasteiger partial charge in [-0.1, -0.05) is 18.2 Å². The minimum Gasteiger partial charge on any atom is -0.493 e. The van der Waals surface area contributed by atoms with E-state index in [9.17, 15) is 19.6 Å². The van der Waals surface area contributed by atoms with Crippen LogP contribution in [0.25, 0.3) is 0 Å². The Bertz CT molecular complexity index is 2020. The number of benzene rings is 3. The molecule has 0 aliphatic carbocycles. The summed E-state index contributed by atoms with van der Waals surface area (Å²) >= 11 is 0. The number of piperazine rings is 1. The summed E-state index contributed by atoms with van der Waals surface area (Å²) in [4.78, 5) is 46.1. The molecule has 1 saturated heterocycles. The van der Waals surface area contributed by atoms with E-state index in [-0.39, 0.29) is 32.2 Å². The number of aryl methyl sites for hydroxylation is 1. The zero-order valence-corrected chi connectivity index (χ0v) is 29.3. The monoisotopic (exact) mass is 694 g/mol. The first-order valence-corrected chi connectivity index (χ1v) is 16.9. The highest BCUT2D eigenvalue weighted by Gasteiger charge is 2.58. The normalized spacial score (nSPS) is 24.3. The maximum absolute atomic E-state index is 13.9. The quantitative estimate of drug-likeness (QED) is 0.153. The Morgan fingerprint density at radius 2 is 1.69 bits per heavy atom. The van der Waals surface area contributed by atoms with Crippen molar-refractivity contribution in [3.63, 3.8) is 0 Å². The minimum atomic E-state index is -0.730. The first-order chi connectivity index (χ1) is 24.6. The van der Waals surface area contributed by atoms with E-state index in [1.54, 1.807) is 38.5 Å². The second-order valence-corrected chi connectivity index (χ2v) is 13.6. The van der Waals surface area contributed by atoms with Crippen molar-refractivity contribution in [3.05, 3.63) is 74.8 Å². The third kappa shape index (κ3) is 4.73. The van der Waals surface area contributed by atoms with Crippen LogP contribution in [-0.4, -0.2) is 92.0 Å². The number of fused-ring (bicyclic) bond motifs is 10. The second kappa shape index (κ2) is 12.3. The summed E-state index contributed by atoms with van der Waals surface area (Å²) in [6.45, 7) is 4.99. The van der Waals surface area contributed by atoms with Crippen LogP contribution in [0.1, 0.15) is 73.1 Å². The van der Waals surface area contributed by atoms with Gasteiger partial charge in [0.2, 0.25) is 6.79 Å². The molecular formula is C38H38N4O9. The molecule has 2 unspecified atom stereocenters. The van der Waals surface area contributed by atoms with Gasteiger partial charge in [0.05, 0.1) is 36.4 Å². The number of nitriles is 1. The maximum atomic E-state index is 13.9. The molecule has 2 amide bonds. The van der Waals surface area contributed by atoms with Crippen molar-refractivity contribution in [2.45, 2.75) is 63.8 Å². The molecule has 3 aromatic rings.